The minimum Gasteiger partial charge on any atom is -0.354 e. The molecular weight excluding hydrogens is 256 g/mol. The van der Waals surface area contributed by atoms with Crippen LogP contribution in [0.15, 0.2) is 0 Å². The number of hydrogen-bond acceptors (Lipinski definition) is 3. The minimum absolute atomic E-state index is 0.0578. The van der Waals surface area contributed by atoms with Crippen molar-refractivity contribution in [1.82, 2.24) is 20.0 Å². The van der Waals surface area contributed by atoms with Crippen molar-refractivity contribution in [3.8, 4) is 0 Å². The topological polar surface area (TPSA) is 67.2 Å². The normalized spacial score (nSPS) is 19.4. The summed E-state index contributed by atoms with van der Waals surface area (Å²) in [6.45, 7) is 4.39. The van der Waals surface area contributed by atoms with Crippen molar-refractivity contribution in [2.75, 3.05) is 13.6 Å². The van der Waals surface area contributed by atoms with Gasteiger partial charge in [-0.1, -0.05) is 0 Å². The lowest BCUT2D eigenvalue weighted by Gasteiger charge is -2.26. The van der Waals surface area contributed by atoms with Gasteiger partial charge >= 0.3 is 0 Å². The van der Waals surface area contributed by atoms with Gasteiger partial charge in [-0.25, -0.2) is 0 Å². The lowest BCUT2D eigenvalue weighted by molar-refractivity contribution is -0.125. The molecule has 6 nitrogen and oxygen atoms in total. The number of carbonyl (C=O) groups is 2. The Bertz CT molecular complexity index is 536. The fraction of sp³-hybridized carbons (Fsp3) is 0.643. The fourth-order valence-electron chi connectivity index (χ4n) is 2.69. The molecule has 1 aliphatic rings. The highest BCUT2D eigenvalue weighted by molar-refractivity contribution is 5.99. The van der Waals surface area contributed by atoms with Crippen molar-refractivity contribution in [2.45, 2.75) is 39.2 Å². The number of nitrogens with one attached hydrogen (secondary N) is 1. The third kappa shape index (κ3) is 2.55. The van der Waals surface area contributed by atoms with Gasteiger partial charge in [0.1, 0.15) is 6.04 Å². The molecule has 1 N–H and O–H groups in total. The molecule has 2 heterocycles. The Morgan fingerprint density at radius 3 is 2.70 bits per heavy atom. The summed E-state index contributed by atoms with van der Waals surface area (Å²) in [5.74, 6) is -0.187. The molecule has 0 aliphatic carbocycles. The maximum Gasteiger partial charge on any atom is 0.258 e. The van der Waals surface area contributed by atoms with Crippen LogP contribution in [-0.2, 0) is 11.8 Å². The molecule has 0 bridgehead atoms. The second kappa shape index (κ2) is 5.64. The Morgan fingerprint density at radius 2 is 2.10 bits per heavy atom. The Balaban J connectivity index is 2.25. The Kier molecular flexibility index (Phi) is 4.11. The van der Waals surface area contributed by atoms with Gasteiger partial charge in [-0.05, 0) is 33.1 Å². The number of amides is 2. The molecule has 1 unspecified atom stereocenters. The third-order valence-corrected chi connectivity index (χ3v) is 4.02. The van der Waals surface area contributed by atoms with Crippen LogP contribution in [0.1, 0.15) is 41.0 Å². The highest BCUT2D eigenvalue weighted by atomic mass is 16.2. The molecule has 1 fully saturated rings. The van der Waals surface area contributed by atoms with Gasteiger partial charge in [0.25, 0.3) is 5.91 Å². The second-order valence-electron chi connectivity index (χ2n) is 5.39. The van der Waals surface area contributed by atoms with Gasteiger partial charge in [0.05, 0.1) is 11.3 Å². The summed E-state index contributed by atoms with van der Waals surface area (Å²) in [7, 11) is 3.52. The van der Waals surface area contributed by atoms with Gasteiger partial charge in [0.15, 0.2) is 0 Å². The van der Waals surface area contributed by atoms with Crippen molar-refractivity contribution >= 4 is 11.8 Å². The van der Waals surface area contributed by atoms with Crippen LogP contribution < -0.4 is 5.32 Å². The van der Waals surface area contributed by atoms with E-state index in [1.807, 2.05) is 20.9 Å². The fourth-order valence-corrected chi connectivity index (χ4v) is 2.69. The van der Waals surface area contributed by atoms with Gasteiger partial charge in [-0.15, -0.1) is 0 Å². The van der Waals surface area contributed by atoms with Gasteiger partial charge < -0.3 is 10.2 Å². The SMILES string of the molecule is Cc1nn(C)c(C)c1C(=O)N(C)C1CCCCNC1=O. The molecule has 1 aromatic rings. The predicted octanol–water partition coefficient (Wildman–Crippen LogP) is 0.778. The summed E-state index contributed by atoms with van der Waals surface area (Å²) >= 11 is 0. The number of rotatable bonds is 2. The van der Waals surface area contributed by atoms with Gasteiger partial charge in [-0.2, -0.15) is 5.10 Å². The van der Waals surface area contributed by atoms with E-state index in [4.69, 9.17) is 0 Å². The molecular formula is C14H22N4O2. The average Bonchev–Trinajstić information content (AvgIpc) is 2.57. The largest absolute Gasteiger partial charge is 0.354 e. The molecule has 0 aromatic carbocycles. The molecule has 1 aliphatic heterocycles. The van der Waals surface area contributed by atoms with Crippen molar-refractivity contribution in [2.24, 2.45) is 7.05 Å². The lowest BCUT2D eigenvalue weighted by Crippen LogP contribution is -2.46. The zero-order valence-electron chi connectivity index (χ0n) is 12.6. The number of carbonyl (C=O) groups excluding carboxylic acids is 2. The Morgan fingerprint density at radius 1 is 1.40 bits per heavy atom. The molecule has 2 rings (SSSR count). The number of aromatic nitrogens is 2. The molecule has 0 radical (unpaired) electrons. The maximum atomic E-state index is 12.6. The van der Waals surface area contributed by atoms with Crippen molar-refractivity contribution < 1.29 is 9.59 Å². The average molecular weight is 278 g/mol. The lowest BCUT2D eigenvalue weighted by atomic mass is 10.1. The maximum absolute atomic E-state index is 12.6. The molecule has 1 atom stereocenters. The zero-order valence-corrected chi connectivity index (χ0v) is 12.6. The van der Waals surface area contributed by atoms with Crippen LogP contribution in [0.4, 0.5) is 0 Å². The van der Waals surface area contributed by atoms with Crippen LogP contribution >= 0.6 is 0 Å². The summed E-state index contributed by atoms with van der Waals surface area (Å²) in [6, 6.07) is -0.385. The quantitative estimate of drug-likeness (QED) is 0.869. The van der Waals surface area contributed by atoms with E-state index in [9.17, 15) is 9.59 Å². The molecule has 110 valence electrons. The highest BCUT2D eigenvalue weighted by Gasteiger charge is 2.30. The highest BCUT2D eigenvalue weighted by Crippen LogP contribution is 2.18. The summed E-state index contributed by atoms with van der Waals surface area (Å²) in [5, 5.41) is 7.13. The number of aryl methyl sites for hydroxylation is 2. The summed E-state index contributed by atoms with van der Waals surface area (Å²) < 4.78 is 1.70. The van der Waals surface area contributed by atoms with E-state index in [0.717, 1.165) is 18.5 Å². The van der Waals surface area contributed by atoms with E-state index < -0.39 is 0 Å². The first-order chi connectivity index (χ1) is 9.43. The molecule has 1 saturated heterocycles. The van der Waals surface area contributed by atoms with E-state index in [1.54, 1.807) is 16.6 Å². The van der Waals surface area contributed by atoms with Crippen LogP contribution in [0.5, 0.6) is 0 Å². The van der Waals surface area contributed by atoms with E-state index in [0.29, 0.717) is 24.2 Å². The smallest absolute Gasteiger partial charge is 0.258 e. The van der Waals surface area contributed by atoms with Crippen LogP contribution in [0.2, 0.25) is 0 Å². The summed E-state index contributed by atoms with van der Waals surface area (Å²) in [4.78, 5) is 26.2. The monoisotopic (exact) mass is 278 g/mol. The predicted molar refractivity (Wildman–Crippen MR) is 75.4 cm³/mol. The van der Waals surface area contributed by atoms with E-state index in [-0.39, 0.29) is 17.9 Å². The first-order valence-corrected chi connectivity index (χ1v) is 6.98. The summed E-state index contributed by atoms with van der Waals surface area (Å²) in [6.07, 6.45) is 2.63. The van der Waals surface area contributed by atoms with Gasteiger partial charge in [-0.3, -0.25) is 14.3 Å². The van der Waals surface area contributed by atoms with Gasteiger partial charge in [0, 0.05) is 26.3 Å². The zero-order chi connectivity index (χ0) is 14.9. The van der Waals surface area contributed by atoms with Crippen molar-refractivity contribution in [1.29, 1.82) is 0 Å². The van der Waals surface area contributed by atoms with E-state index in [1.165, 1.54) is 0 Å². The van der Waals surface area contributed by atoms with Crippen LogP contribution in [0, 0.1) is 13.8 Å². The van der Waals surface area contributed by atoms with Gasteiger partial charge in [0.2, 0.25) is 5.91 Å². The second-order valence-corrected chi connectivity index (χ2v) is 5.39. The molecule has 0 saturated carbocycles. The number of likely N-dealkylation sites (N-methyl/N-ethyl adjacent to an activating group) is 1. The van der Waals surface area contributed by atoms with Crippen molar-refractivity contribution in [3.05, 3.63) is 17.0 Å². The van der Waals surface area contributed by atoms with E-state index in [2.05, 4.69) is 10.4 Å². The number of nitrogens with zero attached hydrogens (tertiary/aromatic N) is 3. The Labute approximate surface area is 119 Å². The molecule has 0 spiro atoms. The standard InChI is InChI=1S/C14H22N4O2/c1-9-12(10(2)18(4)16-9)14(20)17(3)11-7-5-6-8-15-13(11)19/h11H,5-8H2,1-4H3,(H,15,19). The Hall–Kier alpha value is -1.85. The van der Waals surface area contributed by atoms with Crippen LogP contribution in [0.25, 0.3) is 0 Å². The minimum atomic E-state index is -0.385. The van der Waals surface area contributed by atoms with Crippen molar-refractivity contribution in [3.63, 3.8) is 0 Å². The summed E-state index contributed by atoms with van der Waals surface area (Å²) in [5.41, 5.74) is 2.14. The third-order valence-electron chi connectivity index (χ3n) is 4.02. The first-order valence-electron chi connectivity index (χ1n) is 6.98. The number of hydrogen-bond donors (Lipinski definition) is 1. The van der Waals surface area contributed by atoms with E-state index >= 15 is 0 Å². The molecule has 2 amide bonds. The molecule has 6 heteroatoms. The molecule has 1 aromatic heterocycles. The first kappa shape index (κ1) is 14.6. The molecule has 20 heavy (non-hydrogen) atoms. The van der Waals surface area contributed by atoms with Crippen LogP contribution in [0.3, 0.4) is 0 Å². The van der Waals surface area contributed by atoms with Crippen LogP contribution in [-0.4, -0.2) is 46.1 Å².